The first-order chi connectivity index (χ1) is 12.0. The molecule has 0 aliphatic rings. The number of hydrogen-bond acceptors (Lipinski definition) is 1. The van der Waals surface area contributed by atoms with Crippen LogP contribution < -0.4 is 4.74 Å². The third kappa shape index (κ3) is 3.23. The Kier molecular flexibility index (Phi) is 3.73. The minimum Gasteiger partial charge on any atom is -0.488 e. The maximum Gasteiger partial charge on any atom is 0.120 e. The van der Waals surface area contributed by atoms with Crippen LogP contribution in [0.15, 0.2) is 78.9 Å². The van der Waals surface area contributed by atoms with E-state index >= 15 is 0 Å². The largest absolute Gasteiger partial charge is 0.488 e. The molecule has 0 saturated carbocycles. The van der Waals surface area contributed by atoms with Gasteiger partial charge in [0, 0.05) is 0 Å². The van der Waals surface area contributed by atoms with E-state index in [2.05, 4.69) is 93.6 Å². The lowest BCUT2D eigenvalue weighted by molar-refractivity contribution is 0.131. The molecule has 0 aliphatic heterocycles. The van der Waals surface area contributed by atoms with Gasteiger partial charge in [0.05, 0.1) is 0 Å². The van der Waals surface area contributed by atoms with Gasteiger partial charge in [0.25, 0.3) is 0 Å². The summed E-state index contributed by atoms with van der Waals surface area (Å²) >= 11 is 0. The molecule has 0 unspecified atom stereocenters. The first-order valence-electron chi connectivity index (χ1n) is 8.71. The molecule has 0 radical (unpaired) electrons. The second-order valence-electron chi connectivity index (χ2n) is 7.47. The van der Waals surface area contributed by atoms with Crippen LogP contribution in [0.2, 0.25) is 0 Å². The molecule has 0 amide bonds. The standard InChI is InChI=1S/C24H22O/c1-24(2,3)25-21-12-6-10-20(15-21)22-13-7-11-19-14-17-8-4-5-9-18(17)16-23(19)22/h4-16H,1-3H3. The van der Waals surface area contributed by atoms with Crippen molar-refractivity contribution in [1.82, 2.24) is 0 Å². The van der Waals surface area contributed by atoms with Gasteiger partial charge < -0.3 is 4.74 Å². The lowest BCUT2D eigenvalue weighted by Gasteiger charge is -2.21. The van der Waals surface area contributed by atoms with Crippen molar-refractivity contribution in [3.63, 3.8) is 0 Å². The summed E-state index contributed by atoms with van der Waals surface area (Å²) in [5, 5.41) is 5.08. The second-order valence-corrected chi connectivity index (χ2v) is 7.47. The number of rotatable bonds is 2. The van der Waals surface area contributed by atoms with Crippen molar-refractivity contribution in [2.24, 2.45) is 0 Å². The van der Waals surface area contributed by atoms with Crippen LogP contribution in [0.25, 0.3) is 32.7 Å². The van der Waals surface area contributed by atoms with Gasteiger partial charge in [-0.2, -0.15) is 0 Å². The number of fused-ring (bicyclic) bond motifs is 2. The molecule has 1 nitrogen and oxygen atoms in total. The third-order valence-electron chi connectivity index (χ3n) is 4.32. The van der Waals surface area contributed by atoms with E-state index in [9.17, 15) is 0 Å². The van der Waals surface area contributed by atoms with E-state index in [-0.39, 0.29) is 5.60 Å². The van der Waals surface area contributed by atoms with E-state index in [1.807, 2.05) is 6.07 Å². The van der Waals surface area contributed by atoms with Crippen LogP contribution in [-0.4, -0.2) is 5.60 Å². The minimum atomic E-state index is -0.201. The Morgan fingerprint density at radius 3 is 2.08 bits per heavy atom. The van der Waals surface area contributed by atoms with Gasteiger partial charge in [-0.25, -0.2) is 0 Å². The predicted octanol–water partition coefficient (Wildman–Crippen LogP) is 6.84. The highest BCUT2D eigenvalue weighted by Gasteiger charge is 2.13. The summed E-state index contributed by atoms with van der Waals surface area (Å²) < 4.78 is 6.05. The molecule has 4 aromatic rings. The molecular weight excluding hydrogens is 304 g/mol. The molecule has 124 valence electrons. The number of ether oxygens (including phenoxy) is 1. The molecule has 0 saturated heterocycles. The molecule has 0 N–H and O–H groups in total. The number of benzene rings is 4. The van der Waals surface area contributed by atoms with Crippen LogP contribution >= 0.6 is 0 Å². The van der Waals surface area contributed by atoms with Crippen molar-refractivity contribution in [2.75, 3.05) is 0 Å². The Hall–Kier alpha value is -2.80. The fourth-order valence-corrected chi connectivity index (χ4v) is 3.30. The van der Waals surface area contributed by atoms with Crippen LogP contribution in [0.5, 0.6) is 5.75 Å². The molecule has 0 aliphatic carbocycles. The summed E-state index contributed by atoms with van der Waals surface area (Å²) in [5.74, 6) is 0.905. The third-order valence-corrected chi connectivity index (χ3v) is 4.32. The SMILES string of the molecule is CC(C)(C)Oc1cccc(-c2cccc3cc4ccccc4cc23)c1. The summed E-state index contributed by atoms with van der Waals surface area (Å²) in [6, 6.07) is 27.9. The Morgan fingerprint density at radius 2 is 1.32 bits per heavy atom. The Bertz CT molecular complexity index is 1050. The molecule has 4 rings (SSSR count). The lowest BCUT2D eigenvalue weighted by atomic mass is 9.95. The molecular formula is C24H22O. The van der Waals surface area contributed by atoms with Gasteiger partial charge in [-0.3, -0.25) is 0 Å². The van der Waals surface area contributed by atoms with E-state index in [1.165, 1.54) is 32.7 Å². The lowest BCUT2D eigenvalue weighted by Crippen LogP contribution is -2.22. The van der Waals surface area contributed by atoms with E-state index in [0.29, 0.717) is 0 Å². The highest BCUT2D eigenvalue weighted by atomic mass is 16.5. The Labute approximate surface area is 148 Å². The molecule has 1 heteroatoms. The minimum absolute atomic E-state index is 0.201. The fraction of sp³-hybridized carbons (Fsp3) is 0.167. The van der Waals surface area contributed by atoms with E-state index in [4.69, 9.17) is 4.74 Å². The predicted molar refractivity (Wildman–Crippen MR) is 107 cm³/mol. The molecule has 0 spiro atoms. The van der Waals surface area contributed by atoms with Crippen molar-refractivity contribution < 1.29 is 4.74 Å². The summed E-state index contributed by atoms with van der Waals surface area (Å²) in [6.45, 7) is 6.22. The van der Waals surface area contributed by atoms with Crippen molar-refractivity contribution in [2.45, 2.75) is 26.4 Å². The van der Waals surface area contributed by atoms with E-state index in [0.717, 1.165) is 5.75 Å². The highest BCUT2D eigenvalue weighted by molar-refractivity contribution is 6.05. The zero-order chi connectivity index (χ0) is 17.4. The average molecular weight is 326 g/mol. The second kappa shape index (κ2) is 5.93. The van der Waals surface area contributed by atoms with E-state index in [1.54, 1.807) is 0 Å². The Morgan fingerprint density at radius 1 is 0.640 bits per heavy atom. The summed E-state index contributed by atoms with van der Waals surface area (Å²) in [5.41, 5.74) is 2.22. The van der Waals surface area contributed by atoms with Crippen LogP contribution in [0.3, 0.4) is 0 Å². The smallest absolute Gasteiger partial charge is 0.120 e. The topological polar surface area (TPSA) is 9.23 Å². The average Bonchev–Trinajstić information content (AvgIpc) is 2.58. The highest BCUT2D eigenvalue weighted by Crippen LogP contribution is 2.33. The van der Waals surface area contributed by atoms with Crippen LogP contribution in [0.1, 0.15) is 20.8 Å². The molecule has 25 heavy (non-hydrogen) atoms. The van der Waals surface area contributed by atoms with Crippen LogP contribution in [0, 0.1) is 0 Å². The maximum atomic E-state index is 6.05. The molecule has 0 atom stereocenters. The number of hydrogen-bond donors (Lipinski definition) is 0. The van der Waals surface area contributed by atoms with Crippen molar-refractivity contribution in [3.05, 3.63) is 78.9 Å². The zero-order valence-corrected chi connectivity index (χ0v) is 14.9. The Balaban J connectivity index is 1.89. The van der Waals surface area contributed by atoms with Gasteiger partial charge in [0.2, 0.25) is 0 Å². The van der Waals surface area contributed by atoms with Gasteiger partial charge in [0.1, 0.15) is 11.4 Å². The maximum absolute atomic E-state index is 6.05. The first kappa shape index (κ1) is 15.7. The molecule has 0 fully saturated rings. The fourth-order valence-electron chi connectivity index (χ4n) is 3.30. The monoisotopic (exact) mass is 326 g/mol. The summed E-state index contributed by atoms with van der Waals surface area (Å²) in [4.78, 5) is 0. The first-order valence-corrected chi connectivity index (χ1v) is 8.71. The quantitative estimate of drug-likeness (QED) is 0.366. The zero-order valence-electron chi connectivity index (χ0n) is 14.9. The van der Waals surface area contributed by atoms with Gasteiger partial charge in [0.15, 0.2) is 0 Å². The van der Waals surface area contributed by atoms with Gasteiger partial charge >= 0.3 is 0 Å². The molecule has 0 heterocycles. The van der Waals surface area contributed by atoms with Crippen LogP contribution in [-0.2, 0) is 0 Å². The van der Waals surface area contributed by atoms with E-state index < -0.39 is 0 Å². The molecule has 0 bridgehead atoms. The van der Waals surface area contributed by atoms with Crippen molar-refractivity contribution in [1.29, 1.82) is 0 Å². The summed E-state index contributed by atoms with van der Waals surface area (Å²) in [7, 11) is 0. The molecule has 4 aromatic carbocycles. The van der Waals surface area contributed by atoms with Gasteiger partial charge in [-0.15, -0.1) is 0 Å². The molecule has 0 aromatic heterocycles. The normalized spacial score (nSPS) is 11.8. The van der Waals surface area contributed by atoms with Crippen molar-refractivity contribution in [3.8, 4) is 16.9 Å². The van der Waals surface area contributed by atoms with Gasteiger partial charge in [-0.1, -0.05) is 54.6 Å². The van der Waals surface area contributed by atoms with Gasteiger partial charge in [-0.05, 0) is 77.7 Å². The summed E-state index contributed by atoms with van der Waals surface area (Å²) in [6.07, 6.45) is 0. The van der Waals surface area contributed by atoms with Crippen LogP contribution in [0.4, 0.5) is 0 Å². The van der Waals surface area contributed by atoms with Crippen molar-refractivity contribution >= 4 is 21.5 Å².